The summed E-state index contributed by atoms with van der Waals surface area (Å²) in [6.07, 6.45) is 10.7. The molecule has 0 fully saturated rings. The number of hydrogen-bond acceptors (Lipinski definition) is 4. The molecule has 0 aliphatic heterocycles. The van der Waals surface area contributed by atoms with Gasteiger partial charge in [0, 0.05) is 37.4 Å². The van der Waals surface area contributed by atoms with E-state index in [1.807, 2.05) is 0 Å². The first-order valence-corrected chi connectivity index (χ1v) is 13.8. The lowest BCUT2D eigenvalue weighted by Gasteiger charge is -2.15. The smallest absolute Gasteiger partial charge is 0.220 e. The molecule has 166 valence electrons. The molecule has 0 rings (SSSR count). The molecule has 0 saturated carbocycles. The van der Waals surface area contributed by atoms with Crippen LogP contribution in [0.25, 0.3) is 0 Å². The van der Waals surface area contributed by atoms with Gasteiger partial charge in [-0.25, -0.2) is 0 Å². The lowest BCUT2D eigenvalue weighted by atomic mass is 9.99. The fourth-order valence-electron chi connectivity index (χ4n) is 2.97. The molecule has 0 saturated heterocycles. The van der Waals surface area contributed by atoms with Crippen LogP contribution in [0, 0.1) is 11.8 Å². The third-order valence-corrected chi connectivity index (χ3v) is 7.58. The van der Waals surface area contributed by atoms with Gasteiger partial charge in [-0.1, -0.05) is 87.8 Å². The molecule has 28 heavy (non-hydrogen) atoms. The highest BCUT2D eigenvalue weighted by Gasteiger charge is 2.10. The largest absolute Gasteiger partial charge is 0.356 e. The Labute approximate surface area is 181 Å². The standard InChI is InChI=1S/C22H44N2O2S2/c1-5-9-11-19(7-3)17-23-21(25)13-15-27-28-16-14-22(26)24-18-20(8-4)12-10-6-2/h19-20H,5-18H2,1-4H3,(H,23,25)(H,24,26). The van der Waals surface area contributed by atoms with E-state index in [2.05, 4.69) is 38.3 Å². The quantitative estimate of drug-likeness (QED) is 0.200. The van der Waals surface area contributed by atoms with Gasteiger partial charge in [0.05, 0.1) is 0 Å². The minimum Gasteiger partial charge on any atom is -0.356 e. The van der Waals surface area contributed by atoms with Crippen molar-refractivity contribution >= 4 is 33.4 Å². The first kappa shape index (κ1) is 27.6. The van der Waals surface area contributed by atoms with Crippen LogP contribution in [0.3, 0.4) is 0 Å². The van der Waals surface area contributed by atoms with Crippen molar-refractivity contribution in [3.8, 4) is 0 Å². The summed E-state index contributed by atoms with van der Waals surface area (Å²) in [7, 11) is 3.39. The summed E-state index contributed by atoms with van der Waals surface area (Å²) in [4.78, 5) is 23.9. The lowest BCUT2D eigenvalue weighted by Crippen LogP contribution is -2.29. The number of rotatable bonds is 19. The summed E-state index contributed by atoms with van der Waals surface area (Å²) >= 11 is 0. The summed E-state index contributed by atoms with van der Waals surface area (Å²) in [5.41, 5.74) is 0. The maximum atomic E-state index is 11.9. The maximum Gasteiger partial charge on any atom is 0.220 e. The summed E-state index contributed by atoms with van der Waals surface area (Å²) in [5.74, 6) is 3.13. The number of carbonyl (C=O) groups is 2. The van der Waals surface area contributed by atoms with Crippen molar-refractivity contribution < 1.29 is 9.59 Å². The Morgan fingerprint density at radius 3 is 1.43 bits per heavy atom. The monoisotopic (exact) mass is 432 g/mol. The Balaban J connectivity index is 3.63. The van der Waals surface area contributed by atoms with Crippen molar-refractivity contribution in [2.45, 2.75) is 91.9 Å². The van der Waals surface area contributed by atoms with E-state index in [1.165, 1.54) is 38.5 Å². The number of unbranched alkanes of at least 4 members (excludes halogenated alkanes) is 2. The Morgan fingerprint density at radius 1 is 0.714 bits per heavy atom. The zero-order chi connectivity index (χ0) is 21.0. The average molecular weight is 433 g/mol. The highest BCUT2D eigenvalue weighted by atomic mass is 33.1. The van der Waals surface area contributed by atoms with E-state index in [1.54, 1.807) is 21.6 Å². The van der Waals surface area contributed by atoms with Crippen molar-refractivity contribution in [1.82, 2.24) is 10.6 Å². The van der Waals surface area contributed by atoms with E-state index in [-0.39, 0.29) is 11.8 Å². The van der Waals surface area contributed by atoms with Crippen LogP contribution >= 0.6 is 21.6 Å². The highest BCUT2D eigenvalue weighted by Crippen LogP contribution is 2.22. The van der Waals surface area contributed by atoms with Gasteiger partial charge >= 0.3 is 0 Å². The lowest BCUT2D eigenvalue weighted by molar-refractivity contribution is -0.121. The van der Waals surface area contributed by atoms with Crippen molar-refractivity contribution in [3.63, 3.8) is 0 Å². The van der Waals surface area contributed by atoms with Gasteiger partial charge in [0.25, 0.3) is 0 Å². The molecule has 0 aromatic carbocycles. The fraction of sp³-hybridized carbons (Fsp3) is 0.909. The molecule has 4 nitrogen and oxygen atoms in total. The number of nitrogens with one attached hydrogen (secondary N) is 2. The second-order valence-electron chi connectivity index (χ2n) is 7.59. The van der Waals surface area contributed by atoms with Gasteiger partial charge in [-0.2, -0.15) is 0 Å². The van der Waals surface area contributed by atoms with E-state index < -0.39 is 0 Å². The molecule has 0 aliphatic carbocycles. The summed E-state index contributed by atoms with van der Waals surface area (Å²) in [6.45, 7) is 10.4. The Bertz CT molecular complexity index is 359. The molecular formula is C22H44N2O2S2. The van der Waals surface area contributed by atoms with Gasteiger partial charge in [-0.3, -0.25) is 9.59 Å². The van der Waals surface area contributed by atoms with Crippen LogP contribution in [0.2, 0.25) is 0 Å². The fourth-order valence-corrected chi connectivity index (χ4v) is 4.95. The van der Waals surface area contributed by atoms with Gasteiger partial charge in [-0.05, 0) is 24.7 Å². The number of amides is 2. The number of hydrogen-bond donors (Lipinski definition) is 2. The van der Waals surface area contributed by atoms with Gasteiger partial charge in [0.2, 0.25) is 11.8 Å². The predicted octanol–water partition coefficient (Wildman–Crippen LogP) is 5.81. The molecular weight excluding hydrogens is 388 g/mol. The second kappa shape index (κ2) is 19.9. The summed E-state index contributed by atoms with van der Waals surface area (Å²) < 4.78 is 0. The maximum absolute atomic E-state index is 11.9. The van der Waals surface area contributed by atoms with Crippen molar-refractivity contribution in [1.29, 1.82) is 0 Å². The average Bonchev–Trinajstić information content (AvgIpc) is 2.70. The molecule has 0 aliphatic rings. The van der Waals surface area contributed by atoms with Crippen molar-refractivity contribution in [2.24, 2.45) is 11.8 Å². The van der Waals surface area contributed by atoms with Crippen LogP contribution in [-0.2, 0) is 9.59 Å². The van der Waals surface area contributed by atoms with Gasteiger partial charge in [-0.15, -0.1) is 0 Å². The minimum atomic E-state index is 0.151. The molecule has 0 bridgehead atoms. The van der Waals surface area contributed by atoms with E-state index in [0.717, 1.165) is 37.4 Å². The highest BCUT2D eigenvalue weighted by molar-refractivity contribution is 8.76. The van der Waals surface area contributed by atoms with E-state index in [9.17, 15) is 9.59 Å². The zero-order valence-corrected chi connectivity index (χ0v) is 20.3. The topological polar surface area (TPSA) is 58.2 Å². The molecule has 0 aromatic rings. The first-order valence-electron chi connectivity index (χ1n) is 11.3. The third-order valence-electron chi connectivity index (χ3n) is 5.17. The molecule has 0 heterocycles. The SMILES string of the molecule is CCCCC(CC)CNC(=O)CCSSCCC(=O)NCC(CC)CCCC. The van der Waals surface area contributed by atoms with Crippen LogP contribution in [0.5, 0.6) is 0 Å². The van der Waals surface area contributed by atoms with Gasteiger partial charge in [0.15, 0.2) is 0 Å². The zero-order valence-electron chi connectivity index (χ0n) is 18.7. The molecule has 2 atom stereocenters. The Kier molecular flexibility index (Phi) is 19.7. The summed E-state index contributed by atoms with van der Waals surface area (Å²) in [6, 6.07) is 0. The second-order valence-corrected chi connectivity index (χ2v) is 10.3. The normalized spacial score (nSPS) is 13.1. The molecule has 2 amide bonds. The minimum absolute atomic E-state index is 0.151. The first-order chi connectivity index (χ1) is 13.6. The van der Waals surface area contributed by atoms with Gasteiger partial charge < -0.3 is 10.6 Å². The van der Waals surface area contributed by atoms with Crippen LogP contribution in [0.4, 0.5) is 0 Å². The van der Waals surface area contributed by atoms with E-state index in [0.29, 0.717) is 24.7 Å². The molecule has 0 spiro atoms. The van der Waals surface area contributed by atoms with Crippen molar-refractivity contribution in [3.05, 3.63) is 0 Å². The van der Waals surface area contributed by atoms with Crippen molar-refractivity contribution in [2.75, 3.05) is 24.6 Å². The number of carbonyl (C=O) groups excluding carboxylic acids is 2. The molecule has 2 N–H and O–H groups in total. The van der Waals surface area contributed by atoms with E-state index in [4.69, 9.17) is 0 Å². The molecule has 0 aromatic heterocycles. The Hall–Kier alpha value is -0.360. The Morgan fingerprint density at radius 2 is 1.11 bits per heavy atom. The van der Waals surface area contributed by atoms with Crippen LogP contribution in [0.15, 0.2) is 0 Å². The van der Waals surface area contributed by atoms with Crippen LogP contribution in [-0.4, -0.2) is 36.4 Å². The molecule has 0 radical (unpaired) electrons. The molecule has 2 unspecified atom stereocenters. The van der Waals surface area contributed by atoms with Crippen LogP contribution < -0.4 is 10.6 Å². The van der Waals surface area contributed by atoms with Crippen LogP contribution in [0.1, 0.15) is 91.9 Å². The van der Waals surface area contributed by atoms with Gasteiger partial charge in [0.1, 0.15) is 0 Å². The van der Waals surface area contributed by atoms with E-state index >= 15 is 0 Å². The third kappa shape index (κ3) is 16.6. The summed E-state index contributed by atoms with van der Waals surface area (Å²) in [5, 5.41) is 6.15. The molecule has 6 heteroatoms. The predicted molar refractivity (Wildman–Crippen MR) is 127 cm³/mol.